The van der Waals surface area contributed by atoms with Gasteiger partial charge >= 0.3 is 0 Å². The second-order valence-corrected chi connectivity index (χ2v) is 17.5. The molecule has 0 radical (unpaired) electrons. The van der Waals surface area contributed by atoms with Gasteiger partial charge < -0.3 is 31.5 Å². The number of likely N-dealkylation sites (N-methyl/N-ethyl adjacent to an activating group) is 1. The van der Waals surface area contributed by atoms with Crippen LogP contribution in [0.2, 0.25) is 0 Å². The monoisotopic (exact) mass is 871 g/mol. The third kappa shape index (κ3) is 7.74. The number of hydrogen-bond donors (Lipinski definition) is 5. The molecular formula is C58H49N9. The van der Waals surface area contributed by atoms with Crippen LogP contribution in [0.5, 0.6) is 0 Å². The van der Waals surface area contributed by atoms with Crippen molar-refractivity contribution in [3.05, 3.63) is 233 Å². The van der Waals surface area contributed by atoms with Gasteiger partial charge in [-0.1, -0.05) is 109 Å². The molecule has 3 atom stereocenters. The van der Waals surface area contributed by atoms with E-state index in [1.54, 1.807) is 0 Å². The fourth-order valence-electron chi connectivity index (χ4n) is 9.87. The average molecular weight is 872 g/mol. The Balaban J connectivity index is 1.00. The number of aromatic nitrogens is 1. The summed E-state index contributed by atoms with van der Waals surface area (Å²) in [5.74, 6) is 1.43. The molecule has 326 valence electrons. The number of pyridine rings is 1. The summed E-state index contributed by atoms with van der Waals surface area (Å²) in [6, 6.07) is 38.9. The second kappa shape index (κ2) is 17.2. The van der Waals surface area contributed by atoms with E-state index >= 15 is 0 Å². The van der Waals surface area contributed by atoms with Gasteiger partial charge in [0, 0.05) is 67.2 Å². The first-order chi connectivity index (χ1) is 33.1. The Hall–Kier alpha value is -8.43. The topological polar surface area (TPSA) is 101 Å². The van der Waals surface area contributed by atoms with Crippen molar-refractivity contribution in [2.24, 2.45) is 9.98 Å². The minimum Gasteiger partial charge on any atom is -0.381 e. The number of nitrogens with zero attached hydrogens (tertiary/aromatic N) is 4. The van der Waals surface area contributed by atoms with Gasteiger partial charge in [0.25, 0.3) is 0 Å². The van der Waals surface area contributed by atoms with Gasteiger partial charge in [0.1, 0.15) is 11.9 Å². The molecule has 0 aliphatic carbocycles. The first kappa shape index (κ1) is 40.1. The van der Waals surface area contributed by atoms with Crippen LogP contribution in [0.15, 0.2) is 216 Å². The van der Waals surface area contributed by atoms with E-state index in [0.29, 0.717) is 12.4 Å². The molecule has 67 heavy (non-hydrogen) atoms. The van der Waals surface area contributed by atoms with Gasteiger partial charge in [0.15, 0.2) is 12.0 Å². The SMILES string of the molecule is CN1CC=Cc2c(C3=CC(c4cc(C5=NC(C6=CC=C(C7=CC=CCN7)CN6)NC(C6C=CC(c7ccccn7)=CN6)=N5)cc(-c5cc6ccccc6c6ccccc56)c4)NC=C3)cccc21. The number of amidine groups is 2. The Kier molecular flexibility index (Phi) is 10.3. The molecule has 9 heteroatoms. The highest BCUT2D eigenvalue weighted by Crippen LogP contribution is 2.39. The van der Waals surface area contributed by atoms with E-state index in [9.17, 15) is 0 Å². The van der Waals surface area contributed by atoms with Crippen LogP contribution in [-0.2, 0) is 0 Å². The number of benzene rings is 5. The maximum absolute atomic E-state index is 5.45. The molecule has 0 saturated heterocycles. The van der Waals surface area contributed by atoms with Crippen LogP contribution in [0, 0.1) is 0 Å². The van der Waals surface area contributed by atoms with Gasteiger partial charge in [-0.15, -0.1) is 0 Å². The van der Waals surface area contributed by atoms with Crippen molar-refractivity contribution in [3.63, 3.8) is 0 Å². The minimum atomic E-state index is -0.420. The number of anilines is 1. The highest BCUT2D eigenvalue weighted by molar-refractivity contribution is 6.15. The summed E-state index contributed by atoms with van der Waals surface area (Å²) in [5.41, 5.74) is 14.4. The van der Waals surface area contributed by atoms with E-state index in [4.69, 9.17) is 9.98 Å². The number of aliphatic imine (C=N–C) groups is 2. The quantitative estimate of drug-likeness (QED) is 0.0972. The van der Waals surface area contributed by atoms with E-state index in [0.717, 1.165) is 63.8 Å². The molecule has 5 N–H and O–H groups in total. The maximum atomic E-state index is 5.45. The summed E-state index contributed by atoms with van der Waals surface area (Å²) in [6.45, 7) is 2.39. The van der Waals surface area contributed by atoms with Crippen LogP contribution in [0.3, 0.4) is 0 Å². The van der Waals surface area contributed by atoms with E-state index in [1.165, 1.54) is 49.5 Å². The van der Waals surface area contributed by atoms with Crippen molar-refractivity contribution < 1.29 is 0 Å². The number of rotatable bonds is 8. The zero-order chi connectivity index (χ0) is 44.7. The van der Waals surface area contributed by atoms with Gasteiger partial charge in [-0.2, -0.15) is 0 Å². The van der Waals surface area contributed by atoms with E-state index < -0.39 is 6.17 Å². The number of allylic oxidation sites excluding steroid dienone is 8. The normalized spacial score (nSPS) is 20.6. The van der Waals surface area contributed by atoms with E-state index in [2.05, 4.69) is 208 Å². The Morgan fingerprint density at radius 3 is 2.42 bits per heavy atom. The van der Waals surface area contributed by atoms with Crippen LogP contribution in [-0.4, -0.2) is 55.5 Å². The van der Waals surface area contributed by atoms with Crippen molar-refractivity contribution >= 4 is 56.1 Å². The maximum Gasteiger partial charge on any atom is 0.162 e. The Morgan fingerprint density at radius 1 is 0.701 bits per heavy atom. The van der Waals surface area contributed by atoms with Gasteiger partial charge in [0.2, 0.25) is 0 Å². The highest BCUT2D eigenvalue weighted by atomic mass is 15.2. The predicted molar refractivity (Wildman–Crippen MR) is 277 cm³/mol. The van der Waals surface area contributed by atoms with Crippen LogP contribution >= 0.6 is 0 Å². The second-order valence-electron chi connectivity index (χ2n) is 17.5. The molecule has 6 aliphatic rings. The Bertz CT molecular complexity index is 3340. The predicted octanol–water partition coefficient (Wildman–Crippen LogP) is 9.86. The summed E-state index contributed by atoms with van der Waals surface area (Å²) in [4.78, 5) is 17.7. The molecule has 7 heterocycles. The molecule has 0 bridgehead atoms. The fraction of sp³-hybridized carbons (Fsp3) is 0.121. The lowest BCUT2D eigenvalue weighted by Crippen LogP contribution is -2.51. The summed E-state index contributed by atoms with van der Waals surface area (Å²) >= 11 is 0. The van der Waals surface area contributed by atoms with Crippen LogP contribution < -0.4 is 31.5 Å². The van der Waals surface area contributed by atoms with E-state index in [1.807, 2.05) is 30.6 Å². The fourth-order valence-corrected chi connectivity index (χ4v) is 9.87. The van der Waals surface area contributed by atoms with Crippen molar-refractivity contribution in [1.29, 1.82) is 0 Å². The molecule has 0 spiro atoms. The zero-order valence-electron chi connectivity index (χ0n) is 37.1. The van der Waals surface area contributed by atoms with Crippen molar-refractivity contribution in [2.75, 3.05) is 31.6 Å². The molecule has 6 aromatic rings. The minimum absolute atomic E-state index is 0.130. The van der Waals surface area contributed by atoms with Gasteiger partial charge in [-0.05, 0) is 128 Å². The summed E-state index contributed by atoms with van der Waals surface area (Å²) in [5, 5.41) is 23.1. The molecule has 6 aliphatic heterocycles. The van der Waals surface area contributed by atoms with Gasteiger partial charge in [-0.25, -0.2) is 9.98 Å². The lowest BCUT2D eigenvalue weighted by molar-refractivity contribution is 0.629. The standard InChI is InChI=1S/C58H49N9/c1-67-29-11-17-48-45(16-10-20-55(48)67)38-25-28-61-54(34-38)42-30-41(49-33-37-12-2-3-13-44(37)46-14-4-5-15-47(46)49)31-43(32-42)56-64-57(52-23-21-39(35-62-52)50-18-6-8-26-59-50)66-58(65-56)53-24-22-40(36-63-53)51-19-7-9-27-60-51/h2-26,28,30-35,52,54,58,60-63H,27,29,36H2,1H3,(H,64,65,66). The Labute approximate surface area is 390 Å². The molecule has 9 nitrogen and oxygen atoms in total. The third-order valence-corrected chi connectivity index (χ3v) is 13.3. The molecule has 0 amide bonds. The number of dihydropyridines is 4. The molecule has 12 rings (SSSR count). The molecule has 0 fully saturated rings. The molecule has 0 saturated carbocycles. The number of hydrogen-bond acceptors (Lipinski definition) is 9. The van der Waals surface area contributed by atoms with Crippen LogP contribution in [0.25, 0.3) is 49.9 Å². The molecule has 5 aromatic carbocycles. The summed E-state index contributed by atoms with van der Waals surface area (Å²) in [6.07, 6.45) is 29.5. The molecule has 3 unspecified atom stereocenters. The smallest absolute Gasteiger partial charge is 0.162 e. The lowest BCUT2D eigenvalue weighted by Gasteiger charge is -2.31. The number of fused-ring (bicyclic) bond motifs is 4. The molecular weight excluding hydrogens is 823 g/mol. The first-order valence-electron chi connectivity index (χ1n) is 23.1. The zero-order valence-corrected chi connectivity index (χ0v) is 37.1. The number of nitrogens with one attached hydrogen (secondary N) is 5. The van der Waals surface area contributed by atoms with E-state index in [-0.39, 0.29) is 12.1 Å². The van der Waals surface area contributed by atoms with Gasteiger partial charge in [0.05, 0.1) is 17.4 Å². The van der Waals surface area contributed by atoms with Crippen molar-refractivity contribution in [2.45, 2.75) is 18.2 Å². The van der Waals surface area contributed by atoms with Crippen LogP contribution in [0.4, 0.5) is 5.69 Å². The first-order valence-corrected chi connectivity index (χ1v) is 23.1. The largest absolute Gasteiger partial charge is 0.381 e. The van der Waals surface area contributed by atoms with Crippen molar-refractivity contribution in [1.82, 2.24) is 31.6 Å². The molecule has 1 aromatic heterocycles. The highest BCUT2D eigenvalue weighted by Gasteiger charge is 2.29. The Morgan fingerprint density at radius 2 is 1.58 bits per heavy atom. The van der Waals surface area contributed by atoms with Crippen LogP contribution in [0.1, 0.15) is 34.0 Å². The average Bonchev–Trinajstić information content (AvgIpc) is 3.41. The summed E-state index contributed by atoms with van der Waals surface area (Å²) in [7, 11) is 2.16. The summed E-state index contributed by atoms with van der Waals surface area (Å²) < 4.78 is 0. The van der Waals surface area contributed by atoms with Gasteiger partial charge in [-0.3, -0.25) is 4.98 Å². The lowest BCUT2D eigenvalue weighted by atomic mass is 9.88. The third-order valence-electron chi connectivity index (χ3n) is 13.3. The van der Waals surface area contributed by atoms with Crippen molar-refractivity contribution in [3.8, 4) is 11.1 Å².